The van der Waals surface area contributed by atoms with Crippen LogP contribution in [0.3, 0.4) is 0 Å². The number of thioether (sulfide) groups is 1. The molecule has 1 aromatic rings. The molecule has 1 fully saturated rings. The quantitative estimate of drug-likeness (QED) is 0.835. The Hall–Kier alpha value is -0.0100. The summed E-state index contributed by atoms with van der Waals surface area (Å²) in [5, 5.41) is 9.48. The third-order valence-corrected chi connectivity index (χ3v) is 5.62. The molecule has 21 heavy (non-hydrogen) atoms. The molecular weight excluding hydrogens is 349 g/mol. The van der Waals surface area contributed by atoms with Gasteiger partial charge in [0.2, 0.25) is 5.91 Å². The maximum atomic E-state index is 12.2. The lowest BCUT2D eigenvalue weighted by Gasteiger charge is -2.29. The number of amides is 1. The largest absolute Gasteiger partial charge is 0.344 e. The van der Waals surface area contributed by atoms with E-state index < -0.39 is 0 Å². The third-order valence-electron chi connectivity index (χ3n) is 3.46. The Kier molecular flexibility index (Phi) is 9.89. The Labute approximate surface area is 147 Å². The number of rotatable bonds is 5. The third kappa shape index (κ3) is 5.94. The molecule has 0 saturated carbocycles. The smallest absolute Gasteiger partial charge is 0.222 e. The molecule has 2 unspecified atom stereocenters. The van der Waals surface area contributed by atoms with Gasteiger partial charge in [-0.15, -0.1) is 36.2 Å². The summed E-state index contributed by atoms with van der Waals surface area (Å²) < 4.78 is 0. The number of carbonyl (C=O) groups excluding carboxylic acids is 1. The summed E-state index contributed by atoms with van der Waals surface area (Å²) in [6, 6.07) is 0.302. The highest BCUT2D eigenvalue weighted by Crippen LogP contribution is 2.26. The lowest BCUT2D eigenvalue weighted by Crippen LogP contribution is -2.47. The van der Waals surface area contributed by atoms with Crippen molar-refractivity contribution in [2.75, 3.05) is 18.1 Å². The van der Waals surface area contributed by atoms with E-state index in [1.807, 2.05) is 24.1 Å². The normalized spacial score (nSPS) is 20.6. The number of nitrogens with zero attached hydrogens (tertiary/aromatic N) is 1. The van der Waals surface area contributed by atoms with Gasteiger partial charge in [0, 0.05) is 42.1 Å². The Balaban J connectivity index is 0.00000200. The molecule has 2 atom stereocenters. The number of thiazole rings is 1. The molecule has 4 nitrogen and oxygen atoms in total. The molecule has 8 heteroatoms. The van der Waals surface area contributed by atoms with Crippen LogP contribution in [0.25, 0.3) is 0 Å². The van der Waals surface area contributed by atoms with Crippen LogP contribution in [-0.4, -0.2) is 35.0 Å². The van der Waals surface area contributed by atoms with E-state index in [1.54, 1.807) is 17.5 Å². The van der Waals surface area contributed by atoms with Gasteiger partial charge in [-0.1, -0.05) is 6.92 Å². The van der Waals surface area contributed by atoms with E-state index in [9.17, 15) is 4.79 Å². The first kappa shape index (κ1) is 21.0. The lowest BCUT2D eigenvalue weighted by atomic mass is 9.99. The van der Waals surface area contributed by atoms with Crippen molar-refractivity contribution in [2.45, 2.75) is 38.3 Å². The summed E-state index contributed by atoms with van der Waals surface area (Å²) in [6.45, 7) is 5.13. The molecule has 0 aromatic carbocycles. The predicted octanol–water partition coefficient (Wildman–Crippen LogP) is 2.82. The fourth-order valence-electron chi connectivity index (χ4n) is 2.12. The predicted molar refractivity (Wildman–Crippen MR) is 96.1 cm³/mol. The molecule has 0 radical (unpaired) electrons. The van der Waals surface area contributed by atoms with Crippen LogP contribution in [0, 0.1) is 0 Å². The first-order valence-electron chi connectivity index (χ1n) is 6.66. The van der Waals surface area contributed by atoms with E-state index >= 15 is 0 Å². The van der Waals surface area contributed by atoms with Crippen molar-refractivity contribution < 1.29 is 4.79 Å². The van der Waals surface area contributed by atoms with E-state index in [2.05, 4.69) is 22.5 Å². The average molecular weight is 372 g/mol. The summed E-state index contributed by atoms with van der Waals surface area (Å²) in [7, 11) is 0. The molecule has 0 aliphatic carbocycles. The van der Waals surface area contributed by atoms with Crippen molar-refractivity contribution >= 4 is 53.8 Å². The molecule has 1 aliphatic heterocycles. The van der Waals surface area contributed by atoms with Gasteiger partial charge in [-0.05, 0) is 13.3 Å². The van der Waals surface area contributed by atoms with Crippen molar-refractivity contribution in [3.63, 3.8) is 0 Å². The van der Waals surface area contributed by atoms with Crippen molar-refractivity contribution in [1.29, 1.82) is 0 Å². The number of hydrogen-bond donors (Lipinski definition) is 2. The van der Waals surface area contributed by atoms with E-state index in [0.29, 0.717) is 12.5 Å². The fourth-order valence-corrected chi connectivity index (χ4v) is 3.90. The topological polar surface area (TPSA) is 54.0 Å². The van der Waals surface area contributed by atoms with Gasteiger partial charge in [-0.3, -0.25) is 4.79 Å². The number of hydrogen-bond acceptors (Lipinski definition) is 5. The minimum atomic E-state index is -0.340. The van der Waals surface area contributed by atoms with Crippen LogP contribution in [0.4, 0.5) is 0 Å². The standard InChI is InChI=1S/C13H21N3OS2.2ClH/c1-3-13(2,12-15-5-7-19-12)16-11(17)8-10-9-18-6-4-14-10;;/h5,7,10,14H,3-4,6,8-9H2,1-2H3,(H,16,17);2*1H. The second kappa shape index (κ2) is 9.90. The summed E-state index contributed by atoms with van der Waals surface area (Å²) in [4.78, 5) is 16.5. The van der Waals surface area contributed by atoms with Gasteiger partial charge in [0.05, 0.1) is 5.54 Å². The zero-order valence-corrected chi connectivity index (χ0v) is 15.5. The number of nitrogens with one attached hydrogen (secondary N) is 2. The first-order chi connectivity index (χ1) is 9.14. The Morgan fingerprint density at radius 1 is 1.57 bits per heavy atom. The van der Waals surface area contributed by atoms with Crippen LogP contribution < -0.4 is 10.6 Å². The van der Waals surface area contributed by atoms with Crippen LogP contribution >= 0.6 is 47.9 Å². The minimum absolute atomic E-state index is 0. The van der Waals surface area contributed by atoms with Crippen LogP contribution in [0.2, 0.25) is 0 Å². The molecule has 2 rings (SSSR count). The second-order valence-electron chi connectivity index (χ2n) is 5.00. The lowest BCUT2D eigenvalue weighted by molar-refractivity contribution is -0.123. The zero-order chi connectivity index (χ0) is 13.7. The van der Waals surface area contributed by atoms with E-state index in [1.165, 1.54) is 0 Å². The molecule has 2 N–H and O–H groups in total. The Bertz CT molecular complexity index is 414. The maximum Gasteiger partial charge on any atom is 0.222 e. The minimum Gasteiger partial charge on any atom is -0.344 e. The molecule has 1 aromatic heterocycles. The van der Waals surface area contributed by atoms with Gasteiger partial charge < -0.3 is 10.6 Å². The van der Waals surface area contributed by atoms with Crippen molar-refractivity contribution in [1.82, 2.24) is 15.6 Å². The maximum absolute atomic E-state index is 12.2. The van der Waals surface area contributed by atoms with Crippen LogP contribution in [0.15, 0.2) is 11.6 Å². The van der Waals surface area contributed by atoms with Crippen molar-refractivity contribution in [3.8, 4) is 0 Å². The summed E-state index contributed by atoms with van der Waals surface area (Å²) >= 11 is 3.51. The first-order valence-corrected chi connectivity index (χ1v) is 8.69. The van der Waals surface area contributed by atoms with Crippen molar-refractivity contribution in [3.05, 3.63) is 16.6 Å². The van der Waals surface area contributed by atoms with Gasteiger partial charge in [0.25, 0.3) is 0 Å². The molecule has 122 valence electrons. The van der Waals surface area contributed by atoms with Gasteiger partial charge in [0.1, 0.15) is 5.01 Å². The molecule has 1 saturated heterocycles. The molecule has 1 amide bonds. The highest BCUT2D eigenvalue weighted by molar-refractivity contribution is 7.99. The molecular formula is C13H23Cl2N3OS2. The van der Waals surface area contributed by atoms with Gasteiger partial charge >= 0.3 is 0 Å². The monoisotopic (exact) mass is 371 g/mol. The Morgan fingerprint density at radius 3 is 2.86 bits per heavy atom. The van der Waals surface area contributed by atoms with Gasteiger partial charge in [-0.2, -0.15) is 11.8 Å². The highest BCUT2D eigenvalue weighted by Gasteiger charge is 2.30. The molecule has 0 spiro atoms. The summed E-state index contributed by atoms with van der Waals surface area (Å²) in [5.41, 5.74) is -0.340. The molecule has 0 bridgehead atoms. The van der Waals surface area contributed by atoms with E-state index in [0.717, 1.165) is 29.5 Å². The number of aromatic nitrogens is 1. The van der Waals surface area contributed by atoms with Crippen LogP contribution in [0.5, 0.6) is 0 Å². The second-order valence-corrected chi connectivity index (χ2v) is 7.05. The van der Waals surface area contributed by atoms with Gasteiger partial charge in [0.15, 0.2) is 0 Å². The Morgan fingerprint density at radius 2 is 2.33 bits per heavy atom. The average Bonchev–Trinajstić information content (AvgIpc) is 2.94. The zero-order valence-electron chi connectivity index (χ0n) is 12.3. The number of halogens is 2. The fraction of sp³-hybridized carbons (Fsp3) is 0.692. The summed E-state index contributed by atoms with van der Waals surface area (Å²) in [5.74, 6) is 2.27. The summed E-state index contributed by atoms with van der Waals surface area (Å²) in [6.07, 6.45) is 3.19. The van der Waals surface area contributed by atoms with Crippen molar-refractivity contribution in [2.24, 2.45) is 0 Å². The SMILES string of the molecule is CCC(C)(NC(=O)CC1CSCCN1)c1nccs1.Cl.Cl. The van der Waals surface area contributed by atoms with Crippen LogP contribution in [0.1, 0.15) is 31.7 Å². The van der Waals surface area contributed by atoms with E-state index in [4.69, 9.17) is 0 Å². The van der Waals surface area contributed by atoms with E-state index in [-0.39, 0.29) is 36.3 Å². The molecule has 1 aliphatic rings. The van der Waals surface area contributed by atoms with Crippen LogP contribution in [-0.2, 0) is 10.3 Å². The number of carbonyl (C=O) groups is 1. The highest BCUT2D eigenvalue weighted by atomic mass is 35.5. The molecule has 2 heterocycles. The van der Waals surface area contributed by atoms with Gasteiger partial charge in [-0.25, -0.2) is 4.98 Å².